The van der Waals surface area contributed by atoms with E-state index in [1.165, 1.54) is 173 Å². The van der Waals surface area contributed by atoms with Crippen LogP contribution in [0.1, 0.15) is 313 Å². The van der Waals surface area contributed by atoms with E-state index in [0.717, 1.165) is 83.7 Å². The number of hydrogen-bond donors (Lipinski definition) is 0. The molecule has 2 atom stereocenters. The number of nitrogens with zero attached hydrogens (tertiary/aromatic N) is 2. The summed E-state index contributed by atoms with van der Waals surface area (Å²) >= 11 is 0. The molecule has 0 aliphatic heterocycles. The Morgan fingerprint density at radius 1 is 0.358 bits per heavy atom. The quantitative estimate of drug-likeness (QED) is 0.0447. The summed E-state index contributed by atoms with van der Waals surface area (Å²) in [6, 6.07) is 0.199. The molecule has 0 saturated carbocycles. The Labute approximate surface area is 421 Å². The molecule has 0 heterocycles. The van der Waals surface area contributed by atoms with Crippen LogP contribution >= 0.6 is 0 Å². The minimum Gasteiger partial charge on any atom is -0.465 e. The topological polar surface area (TPSA) is 76.2 Å². The van der Waals surface area contributed by atoms with Crippen LogP contribution < -0.4 is 0 Å². The van der Waals surface area contributed by atoms with Gasteiger partial charge in [-0.3, -0.25) is 14.4 Å². The van der Waals surface area contributed by atoms with Gasteiger partial charge in [0.05, 0.1) is 13.2 Å². The average molecular weight is 952 g/mol. The van der Waals surface area contributed by atoms with Crippen molar-refractivity contribution in [2.75, 3.05) is 40.4 Å². The zero-order chi connectivity index (χ0) is 47.9. The van der Waals surface area contributed by atoms with Gasteiger partial charge in [0.25, 0.3) is 0 Å². The van der Waals surface area contributed by atoms with E-state index in [9.17, 15) is 14.4 Å². The first-order chi connectivity index (χ1) is 31.7. The monoisotopic (exact) mass is 951 g/mol. The predicted octanol–water partition coefficient (Wildman–Crippen LogP) is 18.4. The van der Waals surface area contributed by atoms with Crippen molar-refractivity contribution in [3.63, 3.8) is 0 Å². The molecular weight excluding hydrogens is 829 g/mol. The first kappa shape index (κ1) is 69.6. The molecule has 0 spiro atoms. The van der Waals surface area contributed by atoms with Crippen molar-refractivity contribution in [3.8, 4) is 0 Å². The van der Waals surface area contributed by atoms with Crippen LogP contribution in [0.15, 0.2) is 0 Å². The second-order valence-corrected chi connectivity index (χ2v) is 20.7. The molecule has 0 radical (unpaired) electrons. The van der Waals surface area contributed by atoms with E-state index < -0.39 is 0 Å². The van der Waals surface area contributed by atoms with Crippen LogP contribution in [0.4, 0.5) is 0 Å². The van der Waals surface area contributed by atoms with E-state index in [-0.39, 0.29) is 32.8 Å². The molecule has 2 unspecified atom stereocenters. The summed E-state index contributed by atoms with van der Waals surface area (Å²) in [6.07, 6.45) is 46.4. The summed E-state index contributed by atoms with van der Waals surface area (Å²) in [5.74, 6) is 1.23. The second-order valence-electron chi connectivity index (χ2n) is 20.7. The van der Waals surface area contributed by atoms with Gasteiger partial charge in [-0.25, -0.2) is 0 Å². The standard InChI is InChI=1S/C58H114N2O5.2CH4/c1-8-13-18-23-26-32-42-53(40-30-21-16-11-4)51-64-57(62)47-37-28-34-44-55(60(50-39-49-59(6)7)56(61)46-36-25-20-15-10-3)45-35-29-38-48-58(63)65-52-54(41-31-22-17-12-5)43-33-27-24-19-14-9-2;;/h53-55H,8-52H2,1-7H3;2*1H4. The summed E-state index contributed by atoms with van der Waals surface area (Å²) in [4.78, 5) is 44.3. The second kappa shape index (κ2) is 53.7. The van der Waals surface area contributed by atoms with Crippen molar-refractivity contribution < 1.29 is 23.9 Å². The van der Waals surface area contributed by atoms with Gasteiger partial charge < -0.3 is 19.3 Å². The van der Waals surface area contributed by atoms with Crippen LogP contribution in [-0.2, 0) is 23.9 Å². The van der Waals surface area contributed by atoms with Crippen LogP contribution in [-0.4, -0.2) is 74.1 Å². The third-order valence-corrected chi connectivity index (χ3v) is 13.9. The van der Waals surface area contributed by atoms with Crippen LogP contribution in [0.3, 0.4) is 0 Å². The maximum atomic E-state index is 13.9. The number of unbranched alkanes of at least 4 members (excludes halogenated alkanes) is 24. The lowest BCUT2D eigenvalue weighted by molar-refractivity contribution is -0.146. The van der Waals surface area contributed by atoms with Crippen LogP contribution in [0, 0.1) is 11.8 Å². The highest BCUT2D eigenvalue weighted by molar-refractivity contribution is 5.76. The Kier molecular flexibility index (Phi) is 55.8. The van der Waals surface area contributed by atoms with E-state index in [2.05, 4.69) is 58.5 Å². The minimum absolute atomic E-state index is 0. The minimum atomic E-state index is -0.0366. The zero-order valence-electron chi connectivity index (χ0n) is 45.0. The first-order valence-electron chi connectivity index (χ1n) is 29.0. The van der Waals surface area contributed by atoms with Crippen LogP contribution in [0.2, 0.25) is 0 Å². The maximum absolute atomic E-state index is 13.9. The van der Waals surface area contributed by atoms with Gasteiger partial charge in [0, 0.05) is 31.8 Å². The molecule has 1 amide bonds. The highest BCUT2D eigenvalue weighted by Crippen LogP contribution is 2.24. The average Bonchev–Trinajstić information content (AvgIpc) is 3.29. The fraction of sp³-hybridized carbons (Fsp3) is 0.950. The van der Waals surface area contributed by atoms with Crippen molar-refractivity contribution in [2.45, 2.75) is 319 Å². The van der Waals surface area contributed by atoms with Crippen molar-refractivity contribution in [1.29, 1.82) is 0 Å². The smallest absolute Gasteiger partial charge is 0.305 e. The van der Waals surface area contributed by atoms with Crippen molar-refractivity contribution in [2.24, 2.45) is 11.8 Å². The Bertz CT molecular complexity index is 978. The lowest BCUT2D eigenvalue weighted by Gasteiger charge is -2.33. The molecule has 0 saturated heterocycles. The first-order valence-corrected chi connectivity index (χ1v) is 29.0. The van der Waals surface area contributed by atoms with Gasteiger partial charge in [-0.1, -0.05) is 229 Å². The SMILES string of the molecule is C.C.CCCCCCCCC(CCCCCC)COC(=O)CCCCCC(CCCCCC(=O)OCC(CCCCCC)CCCCCCCC)N(CCCN(C)C)C(=O)CCCCCCC. The molecule has 7 nitrogen and oxygen atoms in total. The van der Waals surface area contributed by atoms with Gasteiger partial charge in [0.1, 0.15) is 0 Å². The highest BCUT2D eigenvalue weighted by Gasteiger charge is 2.23. The molecule has 0 aliphatic rings. The molecule has 7 heteroatoms. The van der Waals surface area contributed by atoms with Crippen molar-refractivity contribution >= 4 is 17.8 Å². The predicted molar refractivity (Wildman–Crippen MR) is 294 cm³/mol. The third-order valence-electron chi connectivity index (χ3n) is 13.9. The molecule has 0 bridgehead atoms. The summed E-state index contributed by atoms with van der Waals surface area (Å²) in [5.41, 5.74) is 0. The lowest BCUT2D eigenvalue weighted by atomic mass is 9.95. The fourth-order valence-corrected chi connectivity index (χ4v) is 9.53. The Hall–Kier alpha value is -1.63. The maximum Gasteiger partial charge on any atom is 0.305 e. The summed E-state index contributed by atoms with van der Waals surface area (Å²) in [7, 11) is 4.22. The number of carbonyl (C=O) groups excluding carboxylic acids is 3. The highest BCUT2D eigenvalue weighted by atomic mass is 16.5. The molecule has 0 N–H and O–H groups in total. The van der Waals surface area contributed by atoms with E-state index >= 15 is 0 Å². The van der Waals surface area contributed by atoms with E-state index in [1.54, 1.807) is 0 Å². The van der Waals surface area contributed by atoms with E-state index in [0.29, 0.717) is 50.2 Å². The van der Waals surface area contributed by atoms with Gasteiger partial charge in [-0.2, -0.15) is 0 Å². The number of hydrogen-bond acceptors (Lipinski definition) is 6. The molecule has 0 aromatic rings. The molecular formula is C60H122N2O5. The van der Waals surface area contributed by atoms with Gasteiger partial charge >= 0.3 is 11.9 Å². The molecule has 67 heavy (non-hydrogen) atoms. The van der Waals surface area contributed by atoms with Crippen LogP contribution in [0.25, 0.3) is 0 Å². The largest absolute Gasteiger partial charge is 0.465 e. The van der Waals surface area contributed by atoms with Gasteiger partial charge in [-0.05, 0) is 96.7 Å². The number of rotatable bonds is 51. The number of ether oxygens (including phenoxy) is 2. The summed E-state index contributed by atoms with van der Waals surface area (Å²) in [6.45, 7) is 14.2. The Morgan fingerprint density at radius 2 is 0.657 bits per heavy atom. The van der Waals surface area contributed by atoms with E-state index in [1.807, 2.05) is 0 Å². The molecule has 0 aromatic heterocycles. The normalized spacial score (nSPS) is 12.6. The molecule has 0 aromatic carbocycles. The Balaban J connectivity index is -0.0000205. The number of carbonyl (C=O) groups is 3. The van der Waals surface area contributed by atoms with Gasteiger partial charge in [0.2, 0.25) is 5.91 Å². The number of esters is 2. The molecule has 0 aliphatic carbocycles. The van der Waals surface area contributed by atoms with Gasteiger partial charge in [-0.15, -0.1) is 0 Å². The fourth-order valence-electron chi connectivity index (χ4n) is 9.53. The molecule has 0 fully saturated rings. The zero-order valence-corrected chi connectivity index (χ0v) is 45.0. The van der Waals surface area contributed by atoms with Gasteiger partial charge in [0.15, 0.2) is 0 Å². The van der Waals surface area contributed by atoms with Crippen molar-refractivity contribution in [3.05, 3.63) is 0 Å². The van der Waals surface area contributed by atoms with Crippen molar-refractivity contribution in [1.82, 2.24) is 9.80 Å². The van der Waals surface area contributed by atoms with E-state index in [4.69, 9.17) is 9.47 Å². The molecule has 402 valence electrons. The number of amides is 1. The van der Waals surface area contributed by atoms with Crippen LogP contribution in [0.5, 0.6) is 0 Å². The summed E-state index contributed by atoms with van der Waals surface area (Å²) < 4.78 is 11.8. The molecule has 0 rings (SSSR count). The summed E-state index contributed by atoms with van der Waals surface area (Å²) in [5, 5.41) is 0. The lowest BCUT2D eigenvalue weighted by Crippen LogP contribution is -2.41. The Morgan fingerprint density at radius 3 is 1.03 bits per heavy atom. The third kappa shape index (κ3) is 46.5.